The number of hydrogen-bond acceptors (Lipinski definition) is 2. The second kappa shape index (κ2) is 6.37. The second-order valence-corrected chi connectivity index (χ2v) is 6.79. The average Bonchev–Trinajstić information content (AvgIpc) is 2.48. The van der Waals surface area contributed by atoms with Crippen LogP contribution in [0.4, 0.5) is 22.4 Å². The summed E-state index contributed by atoms with van der Waals surface area (Å²) in [5.74, 6) is -7.60. The van der Waals surface area contributed by atoms with E-state index in [2.05, 4.69) is 25.5 Å². The quantitative estimate of drug-likeness (QED) is 0.559. The van der Waals surface area contributed by atoms with Crippen LogP contribution < -0.4 is 4.74 Å². The van der Waals surface area contributed by atoms with E-state index >= 15 is 0 Å². The SMILES string of the molecule is CC(C)(C)C1CCN(C(=O)Oc2c(F)c(F)cc(F)c2F)CC1. The smallest absolute Gasteiger partial charge is 0.404 e. The average molecular weight is 333 g/mol. The lowest BCUT2D eigenvalue weighted by atomic mass is 9.75. The van der Waals surface area contributed by atoms with Crippen LogP contribution in [0.25, 0.3) is 0 Å². The summed E-state index contributed by atoms with van der Waals surface area (Å²) in [6, 6.07) is 0.0663. The van der Waals surface area contributed by atoms with Crippen molar-refractivity contribution in [3.05, 3.63) is 29.3 Å². The van der Waals surface area contributed by atoms with Gasteiger partial charge in [-0.05, 0) is 24.2 Å². The minimum absolute atomic E-state index is 0.0663. The lowest BCUT2D eigenvalue weighted by molar-refractivity contribution is 0.0975. The summed E-state index contributed by atoms with van der Waals surface area (Å²) in [4.78, 5) is 13.3. The predicted octanol–water partition coefficient (Wildman–Crippen LogP) is 4.50. The Labute approximate surface area is 132 Å². The molecule has 23 heavy (non-hydrogen) atoms. The lowest BCUT2D eigenvalue weighted by Gasteiger charge is -2.38. The number of rotatable bonds is 1. The third-order valence-electron chi connectivity index (χ3n) is 4.24. The first-order chi connectivity index (χ1) is 10.6. The van der Waals surface area contributed by atoms with Crippen molar-refractivity contribution in [3.8, 4) is 5.75 Å². The first-order valence-electron chi connectivity index (χ1n) is 7.41. The zero-order valence-electron chi connectivity index (χ0n) is 13.3. The molecule has 0 aliphatic carbocycles. The van der Waals surface area contributed by atoms with E-state index in [1.54, 1.807) is 0 Å². The number of hydrogen-bond donors (Lipinski definition) is 0. The van der Waals surface area contributed by atoms with Gasteiger partial charge in [0.15, 0.2) is 11.6 Å². The van der Waals surface area contributed by atoms with Crippen LogP contribution in [-0.4, -0.2) is 24.1 Å². The van der Waals surface area contributed by atoms with Gasteiger partial charge in [-0.15, -0.1) is 0 Å². The first-order valence-corrected chi connectivity index (χ1v) is 7.41. The zero-order valence-corrected chi connectivity index (χ0v) is 13.3. The molecule has 7 heteroatoms. The number of benzene rings is 1. The van der Waals surface area contributed by atoms with Gasteiger partial charge in [-0.1, -0.05) is 20.8 Å². The van der Waals surface area contributed by atoms with Crippen molar-refractivity contribution in [1.82, 2.24) is 4.90 Å². The summed E-state index contributed by atoms with van der Waals surface area (Å²) in [6.07, 6.45) is 0.433. The maximum atomic E-state index is 13.5. The van der Waals surface area contributed by atoms with Gasteiger partial charge in [-0.25, -0.2) is 13.6 Å². The highest BCUT2D eigenvalue weighted by atomic mass is 19.2. The highest BCUT2D eigenvalue weighted by Crippen LogP contribution is 2.34. The van der Waals surface area contributed by atoms with E-state index in [-0.39, 0.29) is 11.5 Å². The van der Waals surface area contributed by atoms with E-state index < -0.39 is 35.1 Å². The maximum absolute atomic E-state index is 13.5. The van der Waals surface area contributed by atoms with Gasteiger partial charge < -0.3 is 9.64 Å². The summed E-state index contributed by atoms with van der Waals surface area (Å²) in [7, 11) is 0. The van der Waals surface area contributed by atoms with Crippen LogP contribution in [0.5, 0.6) is 5.75 Å². The molecule has 1 aromatic carbocycles. The Morgan fingerprint density at radius 3 is 2.00 bits per heavy atom. The summed E-state index contributed by atoms with van der Waals surface area (Å²) in [5, 5.41) is 0. The number of piperidine rings is 1. The molecule has 0 bridgehead atoms. The summed E-state index contributed by atoms with van der Waals surface area (Å²) in [5.41, 5.74) is 0.0971. The topological polar surface area (TPSA) is 29.5 Å². The lowest BCUT2D eigenvalue weighted by Crippen LogP contribution is -2.42. The number of carbonyl (C=O) groups excluding carboxylic acids is 1. The monoisotopic (exact) mass is 333 g/mol. The molecule has 1 saturated heterocycles. The Morgan fingerprint density at radius 1 is 1.09 bits per heavy atom. The van der Waals surface area contributed by atoms with Crippen LogP contribution in [0.2, 0.25) is 0 Å². The van der Waals surface area contributed by atoms with Crippen molar-refractivity contribution in [1.29, 1.82) is 0 Å². The molecule has 0 spiro atoms. The van der Waals surface area contributed by atoms with Crippen molar-refractivity contribution in [2.45, 2.75) is 33.6 Å². The molecular weight excluding hydrogens is 314 g/mol. The fraction of sp³-hybridized carbons (Fsp3) is 0.562. The normalized spacial score (nSPS) is 16.6. The molecular formula is C16H19F4NO2. The van der Waals surface area contributed by atoms with Gasteiger partial charge in [-0.3, -0.25) is 0 Å². The number of halogens is 4. The van der Waals surface area contributed by atoms with E-state index in [0.717, 1.165) is 12.8 Å². The molecule has 0 unspecified atom stereocenters. The number of likely N-dealkylation sites (tertiary alicyclic amines) is 1. The fourth-order valence-electron chi connectivity index (χ4n) is 2.72. The molecule has 1 aliphatic rings. The van der Waals surface area contributed by atoms with E-state index in [1.807, 2.05) is 0 Å². The number of carbonyl (C=O) groups is 1. The molecule has 3 nitrogen and oxygen atoms in total. The van der Waals surface area contributed by atoms with Crippen LogP contribution in [-0.2, 0) is 0 Å². The van der Waals surface area contributed by atoms with E-state index in [0.29, 0.717) is 19.0 Å². The number of nitrogens with zero attached hydrogens (tertiary/aromatic N) is 1. The summed E-state index contributed by atoms with van der Waals surface area (Å²) >= 11 is 0. The van der Waals surface area contributed by atoms with Crippen LogP contribution in [0, 0.1) is 34.6 Å². The Hall–Kier alpha value is -1.79. The van der Waals surface area contributed by atoms with Crippen molar-refractivity contribution >= 4 is 6.09 Å². The molecule has 1 heterocycles. The van der Waals surface area contributed by atoms with Gasteiger partial charge in [0.05, 0.1) is 0 Å². The van der Waals surface area contributed by atoms with Gasteiger partial charge in [0.2, 0.25) is 17.4 Å². The first kappa shape index (κ1) is 17.6. The van der Waals surface area contributed by atoms with Gasteiger partial charge in [0, 0.05) is 19.2 Å². The number of amides is 1. The molecule has 0 atom stereocenters. The second-order valence-electron chi connectivity index (χ2n) is 6.79. The molecule has 0 N–H and O–H groups in total. The summed E-state index contributed by atoms with van der Waals surface area (Å²) < 4.78 is 57.8. The molecule has 1 fully saturated rings. The minimum atomic E-state index is -1.72. The molecule has 1 amide bonds. The number of ether oxygens (including phenoxy) is 1. The standard InChI is InChI=1S/C16H19F4NO2/c1-16(2,3)9-4-6-21(7-5-9)15(22)23-14-12(19)10(17)8-11(18)13(14)20/h8-9H,4-7H2,1-3H3. The summed E-state index contributed by atoms with van der Waals surface area (Å²) in [6.45, 7) is 7.04. The van der Waals surface area contributed by atoms with Crippen LogP contribution in [0.3, 0.4) is 0 Å². The zero-order chi connectivity index (χ0) is 17.4. The van der Waals surface area contributed by atoms with Crippen LogP contribution in [0.15, 0.2) is 6.07 Å². The Balaban J connectivity index is 2.07. The van der Waals surface area contributed by atoms with Crippen molar-refractivity contribution < 1.29 is 27.1 Å². The third kappa shape index (κ3) is 3.76. The van der Waals surface area contributed by atoms with Crippen molar-refractivity contribution in [2.24, 2.45) is 11.3 Å². The molecule has 0 saturated carbocycles. The van der Waals surface area contributed by atoms with Gasteiger partial charge in [-0.2, -0.15) is 8.78 Å². The molecule has 1 aromatic rings. The van der Waals surface area contributed by atoms with E-state index in [9.17, 15) is 22.4 Å². The Kier molecular flexibility index (Phi) is 4.87. The fourth-order valence-corrected chi connectivity index (χ4v) is 2.72. The molecule has 1 aliphatic heterocycles. The predicted molar refractivity (Wildman–Crippen MR) is 76.1 cm³/mol. The van der Waals surface area contributed by atoms with Gasteiger partial charge in [0.1, 0.15) is 0 Å². The molecule has 0 aromatic heterocycles. The van der Waals surface area contributed by atoms with Crippen LogP contribution in [0.1, 0.15) is 33.6 Å². The van der Waals surface area contributed by atoms with Crippen LogP contribution >= 0.6 is 0 Å². The molecule has 2 rings (SSSR count). The Morgan fingerprint density at radius 2 is 1.57 bits per heavy atom. The van der Waals surface area contributed by atoms with Crippen molar-refractivity contribution in [2.75, 3.05) is 13.1 Å². The minimum Gasteiger partial charge on any atom is -0.404 e. The maximum Gasteiger partial charge on any atom is 0.415 e. The highest BCUT2D eigenvalue weighted by Gasteiger charge is 2.32. The highest BCUT2D eigenvalue weighted by molar-refractivity contribution is 5.71. The van der Waals surface area contributed by atoms with Gasteiger partial charge >= 0.3 is 6.09 Å². The van der Waals surface area contributed by atoms with Gasteiger partial charge in [0.25, 0.3) is 0 Å². The largest absolute Gasteiger partial charge is 0.415 e. The molecule has 128 valence electrons. The van der Waals surface area contributed by atoms with E-state index in [4.69, 9.17) is 0 Å². The third-order valence-corrected chi connectivity index (χ3v) is 4.24. The Bertz CT molecular complexity index is 579. The van der Waals surface area contributed by atoms with Crippen molar-refractivity contribution in [3.63, 3.8) is 0 Å². The van der Waals surface area contributed by atoms with E-state index in [1.165, 1.54) is 4.90 Å². The molecule has 0 radical (unpaired) electrons.